The number of nitrogens with one attached hydrogen (secondary N) is 1. The van der Waals surface area contributed by atoms with Gasteiger partial charge < -0.3 is 10.2 Å². The zero-order chi connectivity index (χ0) is 14.2. The van der Waals surface area contributed by atoms with Gasteiger partial charge in [-0.05, 0) is 43.0 Å². The topological polar surface area (TPSA) is 45.2 Å². The van der Waals surface area contributed by atoms with E-state index in [1.54, 1.807) is 6.20 Å². The van der Waals surface area contributed by atoms with Gasteiger partial charge in [-0.25, -0.2) is 4.98 Å². The molecule has 2 heterocycles. The molecule has 0 saturated heterocycles. The fraction of sp³-hybridized carbons (Fsp3) is 0.294. The summed E-state index contributed by atoms with van der Waals surface area (Å²) in [6, 6.07) is 12.4. The van der Waals surface area contributed by atoms with Crippen LogP contribution in [0, 0.1) is 0 Å². The normalized spacial score (nSPS) is 16.7. The molecule has 1 aromatic heterocycles. The third kappa shape index (κ3) is 2.27. The minimum absolute atomic E-state index is 0.00928. The largest absolute Gasteiger partial charge is 0.349 e. The number of carbonyl (C=O) groups is 1. The molecule has 2 aliphatic rings. The van der Waals surface area contributed by atoms with Gasteiger partial charge in [0, 0.05) is 24.5 Å². The molecule has 0 unspecified atom stereocenters. The average Bonchev–Trinajstić information content (AvgIpc) is 3.23. The number of amides is 1. The molecule has 4 heteroatoms. The molecular formula is C17H17N3O. The van der Waals surface area contributed by atoms with Crippen LogP contribution in [0.5, 0.6) is 0 Å². The maximum Gasteiger partial charge on any atom is 0.255 e. The van der Waals surface area contributed by atoms with E-state index in [1.165, 1.54) is 5.56 Å². The molecule has 1 aliphatic heterocycles. The molecular weight excluding hydrogens is 262 g/mol. The van der Waals surface area contributed by atoms with Gasteiger partial charge in [-0.2, -0.15) is 0 Å². The Kier molecular flexibility index (Phi) is 2.88. The highest BCUT2D eigenvalue weighted by molar-refractivity contribution is 6.00. The molecule has 4 nitrogen and oxygen atoms in total. The molecule has 0 bridgehead atoms. The molecule has 0 spiro atoms. The zero-order valence-electron chi connectivity index (χ0n) is 11.7. The second-order valence-electron chi connectivity index (χ2n) is 5.65. The summed E-state index contributed by atoms with van der Waals surface area (Å²) >= 11 is 0. The van der Waals surface area contributed by atoms with Crippen molar-refractivity contribution in [3.63, 3.8) is 0 Å². The summed E-state index contributed by atoms with van der Waals surface area (Å²) in [5, 5.41) is 3.05. The first-order valence-electron chi connectivity index (χ1n) is 7.44. The molecule has 0 atom stereocenters. The van der Waals surface area contributed by atoms with Gasteiger partial charge in [0.15, 0.2) is 0 Å². The second-order valence-corrected chi connectivity index (χ2v) is 5.65. The van der Waals surface area contributed by atoms with E-state index >= 15 is 0 Å². The third-order valence-electron chi connectivity index (χ3n) is 4.09. The van der Waals surface area contributed by atoms with Gasteiger partial charge in [-0.15, -0.1) is 0 Å². The number of fused-ring (bicyclic) bond motifs is 1. The number of hydrogen-bond donors (Lipinski definition) is 1. The van der Waals surface area contributed by atoms with Crippen LogP contribution in [-0.2, 0) is 6.42 Å². The summed E-state index contributed by atoms with van der Waals surface area (Å²) < 4.78 is 0. The van der Waals surface area contributed by atoms with Gasteiger partial charge >= 0.3 is 0 Å². The average molecular weight is 279 g/mol. The van der Waals surface area contributed by atoms with Crippen molar-refractivity contribution in [2.75, 3.05) is 11.4 Å². The number of nitrogens with zero attached hydrogens (tertiary/aromatic N) is 2. The maximum absolute atomic E-state index is 12.4. The Labute approximate surface area is 123 Å². The summed E-state index contributed by atoms with van der Waals surface area (Å²) in [4.78, 5) is 19.0. The summed E-state index contributed by atoms with van der Waals surface area (Å²) in [7, 11) is 0. The van der Waals surface area contributed by atoms with Crippen molar-refractivity contribution in [1.82, 2.24) is 10.3 Å². The molecule has 21 heavy (non-hydrogen) atoms. The third-order valence-corrected chi connectivity index (χ3v) is 4.09. The Hall–Kier alpha value is -2.36. The highest BCUT2D eigenvalue weighted by Gasteiger charge is 2.28. The fourth-order valence-corrected chi connectivity index (χ4v) is 2.84. The van der Waals surface area contributed by atoms with E-state index < -0.39 is 0 Å². The van der Waals surface area contributed by atoms with Gasteiger partial charge in [-0.3, -0.25) is 4.79 Å². The van der Waals surface area contributed by atoms with E-state index in [9.17, 15) is 4.79 Å². The number of carbonyl (C=O) groups excluding carboxylic acids is 1. The Bertz CT molecular complexity index is 694. The van der Waals surface area contributed by atoms with Gasteiger partial charge in [-0.1, -0.05) is 18.2 Å². The van der Waals surface area contributed by atoms with E-state index in [-0.39, 0.29) is 5.91 Å². The Morgan fingerprint density at radius 1 is 1.19 bits per heavy atom. The molecule has 1 aliphatic carbocycles. The summed E-state index contributed by atoms with van der Waals surface area (Å²) in [5.74, 6) is 0.755. The van der Waals surface area contributed by atoms with Crippen LogP contribution in [0.1, 0.15) is 28.8 Å². The molecule has 1 amide bonds. The Balaban J connectivity index is 1.71. The predicted octanol–water partition coefficient (Wildman–Crippen LogP) is 2.67. The van der Waals surface area contributed by atoms with Gasteiger partial charge in [0.1, 0.15) is 5.82 Å². The lowest BCUT2D eigenvalue weighted by molar-refractivity contribution is 0.0951. The van der Waals surface area contributed by atoms with Gasteiger partial charge in [0.2, 0.25) is 0 Å². The first-order chi connectivity index (χ1) is 10.3. The van der Waals surface area contributed by atoms with E-state index in [4.69, 9.17) is 0 Å². The van der Waals surface area contributed by atoms with Crippen molar-refractivity contribution in [1.29, 1.82) is 0 Å². The molecule has 1 aromatic carbocycles. The van der Waals surface area contributed by atoms with Crippen LogP contribution in [-0.4, -0.2) is 23.5 Å². The molecule has 1 N–H and O–H groups in total. The molecule has 1 saturated carbocycles. The number of benzene rings is 1. The van der Waals surface area contributed by atoms with Crippen molar-refractivity contribution in [2.45, 2.75) is 25.3 Å². The van der Waals surface area contributed by atoms with Gasteiger partial charge in [0.25, 0.3) is 5.91 Å². The first kappa shape index (κ1) is 12.4. The highest BCUT2D eigenvalue weighted by atomic mass is 16.1. The van der Waals surface area contributed by atoms with Crippen molar-refractivity contribution in [3.05, 3.63) is 53.7 Å². The fourth-order valence-electron chi connectivity index (χ4n) is 2.84. The van der Waals surface area contributed by atoms with Crippen LogP contribution in [0.2, 0.25) is 0 Å². The molecule has 4 rings (SSSR count). The number of rotatable bonds is 3. The standard InChI is InChI=1S/C17H17N3O/c21-17(19-13-7-8-13)14-5-3-10-18-16(14)20-11-9-12-4-1-2-6-15(12)20/h1-6,10,13H,7-9,11H2,(H,19,21). The SMILES string of the molecule is O=C(NC1CC1)c1cccnc1N1CCc2ccccc21. The lowest BCUT2D eigenvalue weighted by atomic mass is 10.2. The van der Waals surface area contributed by atoms with Crippen molar-refractivity contribution < 1.29 is 4.79 Å². The lowest BCUT2D eigenvalue weighted by Gasteiger charge is -2.21. The number of aromatic nitrogens is 1. The number of para-hydroxylation sites is 1. The van der Waals surface area contributed by atoms with Crippen LogP contribution in [0.3, 0.4) is 0 Å². The van der Waals surface area contributed by atoms with Crippen LogP contribution in [0.25, 0.3) is 0 Å². The van der Waals surface area contributed by atoms with E-state index in [0.717, 1.165) is 37.3 Å². The summed E-state index contributed by atoms with van der Waals surface area (Å²) in [6.07, 6.45) is 4.93. The molecule has 1 fully saturated rings. The lowest BCUT2D eigenvalue weighted by Crippen LogP contribution is -2.28. The predicted molar refractivity (Wildman–Crippen MR) is 81.9 cm³/mol. The molecule has 0 radical (unpaired) electrons. The van der Waals surface area contributed by atoms with Crippen molar-refractivity contribution in [2.24, 2.45) is 0 Å². The monoisotopic (exact) mass is 279 g/mol. The maximum atomic E-state index is 12.4. The molecule has 106 valence electrons. The Morgan fingerprint density at radius 2 is 2.05 bits per heavy atom. The van der Waals surface area contributed by atoms with Crippen LogP contribution in [0.4, 0.5) is 11.5 Å². The molecule has 2 aromatic rings. The number of hydrogen-bond acceptors (Lipinski definition) is 3. The number of pyridine rings is 1. The quantitative estimate of drug-likeness (QED) is 0.939. The summed E-state index contributed by atoms with van der Waals surface area (Å²) in [5.41, 5.74) is 3.15. The number of anilines is 2. The Morgan fingerprint density at radius 3 is 2.90 bits per heavy atom. The minimum Gasteiger partial charge on any atom is -0.349 e. The second kappa shape index (κ2) is 4.88. The zero-order valence-corrected chi connectivity index (χ0v) is 11.7. The van der Waals surface area contributed by atoms with E-state index in [1.807, 2.05) is 18.2 Å². The van der Waals surface area contributed by atoms with E-state index in [2.05, 4.69) is 33.4 Å². The first-order valence-corrected chi connectivity index (χ1v) is 7.44. The van der Waals surface area contributed by atoms with Crippen molar-refractivity contribution in [3.8, 4) is 0 Å². The highest BCUT2D eigenvalue weighted by Crippen LogP contribution is 2.34. The summed E-state index contributed by atoms with van der Waals surface area (Å²) in [6.45, 7) is 0.875. The van der Waals surface area contributed by atoms with Crippen LogP contribution in [0.15, 0.2) is 42.6 Å². The van der Waals surface area contributed by atoms with Gasteiger partial charge in [0.05, 0.1) is 5.56 Å². The van der Waals surface area contributed by atoms with Crippen molar-refractivity contribution >= 4 is 17.4 Å². The van der Waals surface area contributed by atoms with E-state index in [0.29, 0.717) is 11.6 Å². The van der Waals surface area contributed by atoms with Crippen LogP contribution < -0.4 is 10.2 Å². The minimum atomic E-state index is -0.00928. The van der Waals surface area contributed by atoms with Crippen LogP contribution >= 0.6 is 0 Å². The smallest absolute Gasteiger partial charge is 0.255 e.